The van der Waals surface area contributed by atoms with E-state index in [4.69, 9.17) is 12.2 Å². The Bertz CT molecular complexity index is 1250. The lowest BCUT2D eigenvalue weighted by Crippen LogP contribution is -2.34. The number of nitrogens with zero attached hydrogens (tertiary/aromatic N) is 1. The van der Waals surface area contributed by atoms with Gasteiger partial charge in [0.25, 0.3) is 5.91 Å². The van der Waals surface area contributed by atoms with Gasteiger partial charge in [-0.1, -0.05) is 34.1 Å². The topological polar surface area (TPSA) is 74.2 Å². The number of carbonyl (C=O) groups is 1. The number of aryl methyl sites for hydroxylation is 1. The highest BCUT2D eigenvalue weighted by Gasteiger charge is 2.15. The van der Waals surface area contributed by atoms with Gasteiger partial charge in [0.2, 0.25) is 0 Å². The molecule has 1 amide bonds. The third-order valence-electron chi connectivity index (χ3n) is 4.40. The number of phenols is 1. The molecule has 1 heterocycles. The Morgan fingerprint density at radius 1 is 1.13 bits per heavy atom. The summed E-state index contributed by atoms with van der Waals surface area (Å²) in [6.45, 7) is 1.81. The molecule has 0 bridgehead atoms. The third kappa shape index (κ3) is 4.35. The van der Waals surface area contributed by atoms with Crippen molar-refractivity contribution in [3.05, 3.63) is 76.3 Å². The highest BCUT2D eigenvalue weighted by molar-refractivity contribution is 9.10. The van der Waals surface area contributed by atoms with Crippen molar-refractivity contribution in [3.8, 4) is 16.3 Å². The van der Waals surface area contributed by atoms with Gasteiger partial charge >= 0.3 is 0 Å². The molecule has 150 valence electrons. The number of para-hydroxylation sites is 1. The molecule has 0 aliphatic carbocycles. The Labute approximate surface area is 190 Å². The summed E-state index contributed by atoms with van der Waals surface area (Å²) < 4.78 is 1.85. The van der Waals surface area contributed by atoms with E-state index < -0.39 is 0 Å². The summed E-state index contributed by atoms with van der Waals surface area (Å²) in [4.78, 5) is 17.0. The number of aromatic hydroxyl groups is 1. The highest BCUT2D eigenvalue weighted by Crippen LogP contribution is 2.38. The van der Waals surface area contributed by atoms with Gasteiger partial charge in [0, 0.05) is 15.7 Å². The molecule has 0 unspecified atom stereocenters. The van der Waals surface area contributed by atoms with Crippen LogP contribution in [0.5, 0.6) is 5.75 Å². The van der Waals surface area contributed by atoms with Gasteiger partial charge in [0.1, 0.15) is 10.8 Å². The van der Waals surface area contributed by atoms with E-state index in [0.29, 0.717) is 27.4 Å². The maximum Gasteiger partial charge on any atom is 0.257 e. The predicted octanol–water partition coefficient (Wildman–Crippen LogP) is 5.87. The van der Waals surface area contributed by atoms with Crippen LogP contribution in [-0.4, -0.2) is 21.1 Å². The van der Waals surface area contributed by atoms with E-state index in [1.54, 1.807) is 37.3 Å². The molecule has 0 fully saturated rings. The first-order chi connectivity index (χ1) is 14.4. The van der Waals surface area contributed by atoms with Crippen LogP contribution in [0.25, 0.3) is 20.8 Å². The zero-order valence-corrected chi connectivity index (χ0v) is 19.0. The summed E-state index contributed by atoms with van der Waals surface area (Å²) in [5.74, 6) is -0.139. The Balaban J connectivity index is 1.57. The number of phenolic OH excluding ortho intramolecular Hbond substituents is 1. The second-order valence-corrected chi connectivity index (χ2v) is 8.95. The van der Waals surface area contributed by atoms with E-state index in [1.165, 1.54) is 11.3 Å². The van der Waals surface area contributed by atoms with E-state index in [1.807, 2.05) is 30.3 Å². The first-order valence-electron chi connectivity index (χ1n) is 8.98. The van der Waals surface area contributed by atoms with E-state index in [9.17, 15) is 9.90 Å². The summed E-state index contributed by atoms with van der Waals surface area (Å²) in [7, 11) is 0. The number of fused-ring (bicyclic) bond motifs is 1. The molecule has 30 heavy (non-hydrogen) atoms. The summed E-state index contributed by atoms with van der Waals surface area (Å²) in [5, 5.41) is 17.2. The first kappa shape index (κ1) is 20.5. The smallest absolute Gasteiger partial charge is 0.257 e. The van der Waals surface area contributed by atoms with Crippen molar-refractivity contribution in [1.29, 1.82) is 0 Å². The molecule has 0 atom stereocenters. The molecule has 1 aromatic heterocycles. The van der Waals surface area contributed by atoms with Gasteiger partial charge in [0.15, 0.2) is 5.11 Å². The van der Waals surface area contributed by atoms with Gasteiger partial charge in [-0.15, -0.1) is 11.3 Å². The zero-order valence-electron chi connectivity index (χ0n) is 15.8. The molecule has 3 aromatic carbocycles. The number of amides is 1. The standard InChI is InChI=1S/C22H16BrN3O2S2/c1-12-9-15(24-22(29)26-20(28)13-5-4-6-14(23)10-13)11-16(19(12)27)21-25-17-7-2-3-8-18(17)30-21/h2-11,27H,1H3,(H2,24,26,28,29). The minimum Gasteiger partial charge on any atom is -0.507 e. The van der Waals surface area contributed by atoms with Crippen LogP contribution < -0.4 is 10.6 Å². The number of rotatable bonds is 3. The van der Waals surface area contributed by atoms with Crippen molar-refractivity contribution in [2.75, 3.05) is 5.32 Å². The summed E-state index contributed by atoms with van der Waals surface area (Å²) >= 11 is 10.2. The lowest BCUT2D eigenvalue weighted by Gasteiger charge is -2.13. The van der Waals surface area contributed by atoms with Crippen molar-refractivity contribution in [2.45, 2.75) is 6.92 Å². The molecule has 0 aliphatic rings. The minimum absolute atomic E-state index is 0.167. The molecule has 4 aromatic rings. The monoisotopic (exact) mass is 497 g/mol. The van der Waals surface area contributed by atoms with Crippen LogP contribution in [0.2, 0.25) is 0 Å². The number of carbonyl (C=O) groups excluding carboxylic acids is 1. The van der Waals surface area contributed by atoms with E-state index in [0.717, 1.165) is 14.7 Å². The fourth-order valence-electron chi connectivity index (χ4n) is 2.97. The van der Waals surface area contributed by atoms with Gasteiger partial charge in [-0.2, -0.15) is 0 Å². The lowest BCUT2D eigenvalue weighted by atomic mass is 10.1. The molecule has 3 N–H and O–H groups in total. The Morgan fingerprint density at radius 2 is 1.93 bits per heavy atom. The number of hydrogen-bond donors (Lipinski definition) is 3. The number of benzene rings is 3. The van der Waals surface area contributed by atoms with Crippen LogP contribution in [0.1, 0.15) is 15.9 Å². The molecule has 4 rings (SSSR count). The number of nitrogens with one attached hydrogen (secondary N) is 2. The fourth-order valence-corrected chi connectivity index (χ4v) is 4.56. The second kappa shape index (κ2) is 8.51. The summed E-state index contributed by atoms with van der Waals surface area (Å²) in [6, 6.07) is 18.4. The molecule has 5 nitrogen and oxygen atoms in total. The highest BCUT2D eigenvalue weighted by atomic mass is 79.9. The largest absolute Gasteiger partial charge is 0.507 e. The molecule has 0 spiro atoms. The SMILES string of the molecule is Cc1cc(NC(=S)NC(=O)c2cccc(Br)c2)cc(-c2nc3ccccc3s2)c1O. The van der Waals surface area contributed by atoms with Crippen molar-refractivity contribution >= 4 is 66.4 Å². The number of halogens is 1. The van der Waals surface area contributed by atoms with Crippen molar-refractivity contribution in [2.24, 2.45) is 0 Å². The molecule has 0 saturated heterocycles. The molecule has 8 heteroatoms. The predicted molar refractivity (Wildman–Crippen MR) is 129 cm³/mol. The van der Waals surface area contributed by atoms with E-state index in [-0.39, 0.29) is 16.8 Å². The summed E-state index contributed by atoms with van der Waals surface area (Å²) in [5.41, 5.74) is 3.31. The molecular formula is C22H16BrN3O2S2. The third-order valence-corrected chi connectivity index (χ3v) is 6.16. The molecular weight excluding hydrogens is 482 g/mol. The van der Waals surface area contributed by atoms with Gasteiger partial charge in [-0.05, 0) is 67.2 Å². The van der Waals surface area contributed by atoms with Crippen LogP contribution in [0.3, 0.4) is 0 Å². The van der Waals surface area contributed by atoms with Crippen LogP contribution in [-0.2, 0) is 0 Å². The second-order valence-electron chi connectivity index (χ2n) is 6.59. The maximum atomic E-state index is 12.4. The first-order valence-corrected chi connectivity index (χ1v) is 11.0. The van der Waals surface area contributed by atoms with Gasteiger partial charge < -0.3 is 10.4 Å². The van der Waals surface area contributed by atoms with E-state index in [2.05, 4.69) is 31.5 Å². The average molecular weight is 498 g/mol. The minimum atomic E-state index is -0.310. The van der Waals surface area contributed by atoms with Gasteiger partial charge in [-0.25, -0.2) is 4.98 Å². The molecule has 0 radical (unpaired) electrons. The summed E-state index contributed by atoms with van der Waals surface area (Å²) in [6.07, 6.45) is 0. The normalized spacial score (nSPS) is 10.7. The van der Waals surface area contributed by atoms with Crippen LogP contribution >= 0.6 is 39.5 Å². The Kier molecular flexibility index (Phi) is 5.80. The average Bonchev–Trinajstić information content (AvgIpc) is 3.14. The van der Waals surface area contributed by atoms with Crippen LogP contribution in [0.15, 0.2) is 65.1 Å². The fraction of sp³-hybridized carbons (Fsp3) is 0.0455. The van der Waals surface area contributed by atoms with E-state index >= 15 is 0 Å². The molecule has 0 aliphatic heterocycles. The Hall–Kier alpha value is -2.81. The number of anilines is 1. The van der Waals surface area contributed by atoms with Gasteiger partial charge in [-0.3, -0.25) is 10.1 Å². The number of hydrogen-bond acceptors (Lipinski definition) is 5. The lowest BCUT2D eigenvalue weighted by molar-refractivity contribution is 0.0977. The van der Waals surface area contributed by atoms with Crippen molar-refractivity contribution in [1.82, 2.24) is 10.3 Å². The molecule has 0 saturated carbocycles. The zero-order chi connectivity index (χ0) is 21.3. The van der Waals surface area contributed by atoms with Crippen molar-refractivity contribution < 1.29 is 9.90 Å². The van der Waals surface area contributed by atoms with Crippen LogP contribution in [0.4, 0.5) is 5.69 Å². The van der Waals surface area contributed by atoms with Crippen LogP contribution in [0, 0.1) is 6.92 Å². The maximum absolute atomic E-state index is 12.4. The number of thiocarbonyl (C=S) groups is 1. The van der Waals surface area contributed by atoms with Crippen molar-refractivity contribution in [3.63, 3.8) is 0 Å². The quantitative estimate of drug-likeness (QED) is 0.244. The Morgan fingerprint density at radius 3 is 2.70 bits per heavy atom. The number of aromatic nitrogens is 1. The number of thiazole rings is 1. The van der Waals surface area contributed by atoms with Gasteiger partial charge in [0.05, 0.1) is 15.8 Å².